The first kappa shape index (κ1) is 15.5. The van der Waals surface area contributed by atoms with Crippen molar-refractivity contribution in [2.24, 2.45) is 0 Å². The van der Waals surface area contributed by atoms with Gasteiger partial charge in [-0.1, -0.05) is 23.4 Å². The average Bonchev–Trinajstić information content (AvgIpc) is 2.89. The highest BCUT2D eigenvalue weighted by Gasteiger charge is 2.08. The maximum Gasteiger partial charge on any atom is 0.251 e. The summed E-state index contributed by atoms with van der Waals surface area (Å²) in [6, 6.07) is 4.87. The number of aliphatic hydroxyl groups is 1. The lowest BCUT2D eigenvalue weighted by Crippen LogP contribution is -2.22. The highest BCUT2D eigenvalue weighted by molar-refractivity contribution is 7.11. The summed E-state index contributed by atoms with van der Waals surface area (Å²) in [6.45, 7) is 2.13. The number of halogens is 1. The quantitative estimate of drug-likeness (QED) is 0.854. The summed E-state index contributed by atoms with van der Waals surface area (Å²) in [4.78, 5) is 17.3. The normalized spacial score (nSPS) is 9.86. The molecule has 6 heteroatoms. The third kappa shape index (κ3) is 4.30. The number of rotatable bonds is 3. The van der Waals surface area contributed by atoms with Crippen molar-refractivity contribution in [3.63, 3.8) is 0 Å². The second-order valence-electron chi connectivity index (χ2n) is 4.20. The molecule has 1 aromatic heterocycles. The Bertz CT molecular complexity index is 716. The molecule has 2 N–H and O–H groups in total. The van der Waals surface area contributed by atoms with Crippen molar-refractivity contribution in [2.75, 3.05) is 6.61 Å². The van der Waals surface area contributed by atoms with Crippen LogP contribution in [0.15, 0.2) is 24.4 Å². The number of amides is 1. The number of hydrogen-bond donors (Lipinski definition) is 2. The van der Waals surface area contributed by atoms with Crippen molar-refractivity contribution in [1.82, 2.24) is 10.3 Å². The fraction of sp³-hybridized carbons (Fsp3) is 0.200. The Hall–Kier alpha value is -1.87. The van der Waals surface area contributed by atoms with Crippen molar-refractivity contribution in [3.05, 3.63) is 50.4 Å². The number of nitrogens with one attached hydrogen (secondary N) is 1. The molecular weight excluding hydrogens is 308 g/mol. The summed E-state index contributed by atoms with van der Waals surface area (Å²) in [7, 11) is 0. The van der Waals surface area contributed by atoms with Crippen molar-refractivity contribution >= 4 is 28.8 Å². The Kier molecular flexibility index (Phi) is 5.34. The first-order valence-electron chi connectivity index (χ1n) is 6.19. The summed E-state index contributed by atoms with van der Waals surface area (Å²) < 4.78 is 0. The summed E-state index contributed by atoms with van der Waals surface area (Å²) in [5, 5.41) is 12.7. The number of aryl methyl sites for hydroxylation is 1. The number of nitrogens with zero attached hydrogens (tertiary/aromatic N) is 1. The summed E-state index contributed by atoms with van der Waals surface area (Å²) in [6.07, 6.45) is 1.78. The van der Waals surface area contributed by atoms with Gasteiger partial charge in [-0.05, 0) is 25.1 Å². The summed E-state index contributed by atoms with van der Waals surface area (Å²) in [5.74, 6) is 5.02. The topological polar surface area (TPSA) is 62.2 Å². The van der Waals surface area contributed by atoms with E-state index in [9.17, 15) is 4.79 Å². The largest absolute Gasteiger partial charge is 0.384 e. The second-order valence-corrected chi connectivity index (χ2v) is 5.93. The van der Waals surface area contributed by atoms with E-state index in [0.29, 0.717) is 22.7 Å². The Labute approximate surface area is 131 Å². The van der Waals surface area contributed by atoms with Crippen LogP contribution in [0.5, 0.6) is 0 Å². The van der Waals surface area contributed by atoms with Gasteiger partial charge in [0.15, 0.2) is 0 Å². The van der Waals surface area contributed by atoms with E-state index in [2.05, 4.69) is 22.1 Å². The minimum atomic E-state index is -0.230. The molecule has 0 unspecified atom stereocenters. The summed E-state index contributed by atoms with van der Waals surface area (Å²) >= 11 is 7.60. The van der Waals surface area contributed by atoms with Crippen molar-refractivity contribution in [3.8, 4) is 11.8 Å². The van der Waals surface area contributed by atoms with Crippen LogP contribution in [-0.2, 0) is 6.54 Å². The smallest absolute Gasteiger partial charge is 0.251 e. The Morgan fingerprint density at radius 1 is 1.52 bits per heavy atom. The molecule has 21 heavy (non-hydrogen) atoms. The van der Waals surface area contributed by atoms with Gasteiger partial charge in [0.05, 0.1) is 11.6 Å². The van der Waals surface area contributed by atoms with Crippen molar-refractivity contribution < 1.29 is 9.90 Å². The van der Waals surface area contributed by atoms with Gasteiger partial charge in [0.2, 0.25) is 0 Å². The van der Waals surface area contributed by atoms with Crippen LogP contribution in [0.2, 0.25) is 5.02 Å². The van der Waals surface area contributed by atoms with Crippen LogP contribution in [0.3, 0.4) is 0 Å². The number of thiazole rings is 1. The number of aliphatic hydroxyl groups excluding tert-OH is 1. The van der Waals surface area contributed by atoms with Crippen LogP contribution >= 0.6 is 22.9 Å². The fourth-order valence-corrected chi connectivity index (χ4v) is 2.59. The molecule has 0 fully saturated rings. The van der Waals surface area contributed by atoms with Crippen LogP contribution in [0.1, 0.15) is 25.8 Å². The zero-order valence-electron chi connectivity index (χ0n) is 11.3. The Balaban J connectivity index is 2.04. The fourth-order valence-electron chi connectivity index (χ4n) is 1.63. The Morgan fingerprint density at radius 2 is 2.33 bits per heavy atom. The third-order valence-corrected chi connectivity index (χ3v) is 3.83. The molecule has 0 radical (unpaired) electrons. The number of aromatic nitrogens is 1. The number of carbonyl (C=O) groups excluding carboxylic acids is 1. The molecule has 0 aliphatic carbocycles. The van der Waals surface area contributed by atoms with E-state index in [1.54, 1.807) is 35.7 Å². The molecular formula is C15H13ClN2O2S. The highest BCUT2D eigenvalue weighted by Crippen LogP contribution is 2.17. The van der Waals surface area contributed by atoms with Crippen LogP contribution < -0.4 is 5.32 Å². The minimum Gasteiger partial charge on any atom is -0.384 e. The van der Waals surface area contributed by atoms with Crippen LogP contribution in [0.25, 0.3) is 0 Å². The number of benzene rings is 1. The zero-order chi connectivity index (χ0) is 15.2. The summed E-state index contributed by atoms with van der Waals surface area (Å²) in [5.41, 5.74) is 1.04. The van der Waals surface area contributed by atoms with Crippen molar-refractivity contribution in [1.29, 1.82) is 0 Å². The van der Waals surface area contributed by atoms with E-state index >= 15 is 0 Å². The van der Waals surface area contributed by atoms with Crippen molar-refractivity contribution in [2.45, 2.75) is 13.5 Å². The van der Waals surface area contributed by atoms with Gasteiger partial charge in [-0.15, -0.1) is 11.3 Å². The molecule has 0 bridgehead atoms. The molecule has 0 saturated heterocycles. The molecule has 4 nitrogen and oxygen atoms in total. The SMILES string of the molecule is Cc1cnc(CNC(=O)c2ccc(C#CCO)c(Cl)c2)s1. The first-order chi connectivity index (χ1) is 10.1. The molecule has 1 heterocycles. The molecule has 2 rings (SSSR count). The van der Waals surface area contributed by atoms with Crippen LogP contribution in [-0.4, -0.2) is 22.6 Å². The Morgan fingerprint density at radius 3 is 2.95 bits per heavy atom. The molecule has 108 valence electrons. The van der Waals surface area contributed by atoms with Gasteiger partial charge in [-0.3, -0.25) is 4.79 Å². The van der Waals surface area contributed by atoms with E-state index in [1.165, 1.54) is 0 Å². The van der Waals surface area contributed by atoms with Crippen LogP contribution in [0, 0.1) is 18.8 Å². The van der Waals surface area contributed by atoms with Gasteiger partial charge in [0.25, 0.3) is 5.91 Å². The first-order valence-corrected chi connectivity index (χ1v) is 7.38. The number of hydrogen-bond acceptors (Lipinski definition) is 4. The van der Waals surface area contributed by atoms with E-state index in [1.807, 2.05) is 6.92 Å². The molecule has 0 atom stereocenters. The molecule has 0 spiro atoms. The second kappa shape index (κ2) is 7.23. The third-order valence-electron chi connectivity index (χ3n) is 2.60. The average molecular weight is 321 g/mol. The van der Waals surface area contributed by atoms with E-state index < -0.39 is 0 Å². The molecule has 1 amide bonds. The minimum absolute atomic E-state index is 0.216. The predicted molar refractivity (Wildman–Crippen MR) is 83.4 cm³/mol. The van der Waals surface area contributed by atoms with Gasteiger partial charge in [-0.25, -0.2) is 4.98 Å². The zero-order valence-corrected chi connectivity index (χ0v) is 12.9. The molecule has 0 saturated carbocycles. The standard InChI is InChI=1S/C15H13ClN2O2S/c1-10-8-17-14(21-10)9-18-15(20)12-5-4-11(3-2-6-19)13(16)7-12/h4-5,7-8,19H,6,9H2,1H3,(H,18,20). The molecule has 0 aliphatic heterocycles. The maximum absolute atomic E-state index is 12.0. The van der Waals surface area contributed by atoms with E-state index in [0.717, 1.165) is 9.88 Å². The maximum atomic E-state index is 12.0. The van der Waals surface area contributed by atoms with Gasteiger partial charge in [0, 0.05) is 22.2 Å². The lowest BCUT2D eigenvalue weighted by Gasteiger charge is -2.04. The number of carbonyl (C=O) groups is 1. The van der Waals surface area contributed by atoms with Gasteiger partial charge < -0.3 is 10.4 Å². The van der Waals surface area contributed by atoms with Crippen LogP contribution in [0.4, 0.5) is 0 Å². The molecule has 2 aromatic rings. The monoisotopic (exact) mass is 320 g/mol. The van der Waals surface area contributed by atoms with Gasteiger partial charge in [0.1, 0.15) is 11.6 Å². The lowest BCUT2D eigenvalue weighted by molar-refractivity contribution is 0.0951. The van der Waals surface area contributed by atoms with Gasteiger partial charge >= 0.3 is 0 Å². The predicted octanol–water partition coefficient (Wildman–Crippen LogP) is 2.38. The lowest BCUT2D eigenvalue weighted by atomic mass is 10.1. The van der Waals surface area contributed by atoms with E-state index in [-0.39, 0.29) is 12.5 Å². The molecule has 0 aliphatic rings. The van der Waals surface area contributed by atoms with Gasteiger partial charge in [-0.2, -0.15) is 0 Å². The molecule has 1 aromatic carbocycles. The van der Waals surface area contributed by atoms with E-state index in [4.69, 9.17) is 16.7 Å². The highest BCUT2D eigenvalue weighted by atomic mass is 35.5.